The molecule has 2 rings (SSSR count). The molecule has 6 heteroatoms. The summed E-state index contributed by atoms with van der Waals surface area (Å²) in [6.07, 6.45) is 0. The lowest BCUT2D eigenvalue weighted by Crippen LogP contribution is -1.90. The van der Waals surface area contributed by atoms with Crippen molar-refractivity contribution in [1.82, 2.24) is 0 Å². The molecule has 2 N–H and O–H groups in total. The molecule has 0 aliphatic rings. The number of halogens is 3. The second kappa shape index (κ2) is 4.56. The zero-order valence-corrected chi connectivity index (χ0v) is 10.8. The number of anilines is 1. The van der Waals surface area contributed by atoms with E-state index in [1.54, 1.807) is 6.92 Å². The van der Waals surface area contributed by atoms with Gasteiger partial charge in [-0.2, -0.15) is 5.26 Å². The molecule has 92 valence electrons. The molecule has 0 spiro atoms. The summed E-state index contributed by atoms with van der Waals surface area (Å²) in [7, 11) is 0. The number of thiophene rings is 1. The first kappa shape index (κ1) is 12.8. The first-order valence-corrected chi connectivity index (χ1v) is 6.09. The number of nitrogens with zero attached hydrogens (tertiary/aromatic N) is 1. The highest BCUT2D eigenvalue weighted by Crippen LogP contribution is 2.39. The van der Waals surface area contributed by atoms with Gasteiger partial charge in [-0.25, -0.2) is 8.78 Å². The fourth-order valence-electron chi connectivity index (χ4n) is 1.56. The minimum Gasteiger partial charge on any atom is -0.397 e. The maximum atomic E-state index is 13.8. The maximum absolute atomic E-state index is 13.8. The summed E-state index contributed by atoms with van der Waals surface area (Å²) in [5.74, 6) is -1.35. The Morgan fingerprint density at radius 3 is 2.56 bits per heavy atom. The van der Waals surface area contributed by atoms with Crippen LogP contribution in [0.25, 0.3) is 10.4 Å². The van der Waals surface area contributed by atoms with Crippen LogP contribution in [0, 0.1) is 29.9 Å². The molecule has 2 nitrogen and oxygen atoms in total. The van der Waals surface area contributed by atoms with E-state index in [0.29, 0.717) is 16.1 Å². The van der Waals surface area contributed by atoms with Crippen LogP contribution in [-0.4, -0.2) is 0 Å². The Balaban J connectivity index is 2.70. The number of rotatable bonds is 1. The van der Waals surface area contributed by atoms with E-state index in [-0.39, 0.29) is 15.5 Å². The third-order valence-corrected chi connectivity index (χ3v) is 4.08. The van der Waals surface area contributed by atoms with Gasteiger partial charge in [0.25, 0.3) is 0 Å². The number of nitriles is 1. The molecule has 2 aromatic rings. The van der Waals surface area contributed by atoms with Gasteiger partial charge < -0.3 is 5.73 Å². The third-order valence-electron chi connectivity index (χ3n) is 2.55. The van der Waals surface area contributed by atoms with Crippen molar-refractivity contribution in [3.8, 4) is 16.5 Å². The molecule has 1 aromatic heterocycles. The van der Waals surface area contributed by atoms with Crippen molar-refractivity contribution in [3.63, 3.8) is 0 Å². The molecular formula is C12H7ClF2N2S. The number of hydrogen-bond acceptors (Lipinski definition) is 3. The smallest absolute Gasteiger partial charge is 0.142 e. The van der Waals surface area contributed by atoms with Gasteiger partial charge in [-0.3, -0.25) is 0 Å². The second-order valence-corrected chi connectivity index (χ2v) is 5.08. The molecule has 0 atom stereocenters. The second-order valence-electron chi connectivity index (χ2n) is 3.66. The molecular weight excluding hydrogens is 278 g/mol. The molecule has 0 radical (unpaired) electrons. The molecule has 18 heavy (non-hydrogen) atoms. The maximum Gasteiger partial charge on any atom is 0.142 e. The van der Waals surface area contributed by atoms with Crippen LogP contribution >= 0.6 is 22.9 Å². The molecule has 0 bridgehead atoms. The Morgan fingerprint density at radius 2 is 2.00 bits per heavy atom. The van der Waals surface area contributed by atoms with Crippen molar-refractivity contribution in [2.45, 2.75) is 6.92 Å². The van der Waals surface area contributed by atoms with E-state index in [1.807, 2.05) is 6.07 Å². The van der Waals surface area contributed by atoms with Crippen LogP contribution in [0.1, 0.15) is 10.4 Å². The van der Waals surface area contributed by atoms with Crippen LogP contribution < -0.4 is 5.73 Å². The number of nitrogen functional groups attached to an aromatic ring is 1. The van der Waals surface area contributed by atoms with Gasteiger partial charge in [-0.05, 0) is 24.6 Å². The monoisotopic (exact) mass is 284 g/mol. The zero-order valence-electron chi connectivity index (χ0n) is 9.22. The van der Waals surface area contributed by atoms with Gasteiger partial charge in [-0.1, -0.05) is 11.6 Å². The van der Waals surface area contributed by atoms with E-state index in [4.69, 9.17) is 22.6 Å². The highest BCUT2D eigenvalue weighted by Gasteiger charge is 2.18. The van der Waals surface area contributed by atoms with Gasteiger partial charge in [0.1, 0.15) is 22.6 Å². The minimum atomic E-state index is -0.710. The molecule has 0 fully saturated rings. The van der Waals surface area contributed by atoms with Crippen molar-refractivity contribution < 1.29 is 8.78 Å². The lowest BCUT2D eigenvalue weighted by molar-refractivity contribution is 0.604. The molecule has 0 saturated heterocycles. The van der Waals surface area contributed by atoms with Gasteiger partial charge in [-0.15, -0.1) is 11.3 Å². The lowest BCUT2D eigenvalue weighted by atomic mass is 10.1. The van der Waals surface area contributed by atoms with E-state index < -0.39 is 11.6 Å². The highest BCUT2D eigenvalue weighted by atomic mass is 35.5. The minimum absolute atomic E-state index is 0.0626. The first-order chi connectivity index (χ1) is 8.45. The Hall–Kier alpha value is -1.64. The lowest BCUT2D eigenvalue weighted by Gasteiger charge is -2.04. The fraction of sp³-hybridized carbons (Fsp3) is 0.0833. The van der Waals surface area contributed by atoms with E-state index in [9.17, 15) is 8.78 Å². The number of benzene rings is 1. The molecule has 0 saturated carbocycles. The molecule has 0 unspecified atom stereocenters. The SMILES string of the molecule is Cc1c(-c2cc(F)c(Cl)cc2F)sc(C#N)c1N. The van der Waals surface area contributed by atoms with Crippen LogP contribution in [0.3, 0.4) is 0 Å². The summed E-state index contributed by atoms with van der Waals surface area (Å²) in [5.41, 5.74) is 6.64. The average Bonchev–Trinajstić information content (AvgIpc) is 2.61. The topological polar surface area (TPSA) is 49.8 Å². The highest BCUT2D eigenvalue weighted by molar-refractivity contribution is 7.16. The van der Waals surface area contributed by atoms with Crippen molar-refractivity contribution in [1.29, 1.82) is 5.26 Å². The molecule has 0 aliphatic carbocycles. The summed E-state index contributed by atoms with van der Waals surface area (Å²) in [6.45, 7) is 1.66. The zero-order chi connectivity index (χ0) is 13.4. The summed E-state index contributed by atoms with van der Waals surface area (Å²) >= 11 is 6.52. The van der Waals surface area contributed by atoms with Crippen LogP contribution in [0.5, 0.6) is 0 Å². The van der Waals surface area contributed by atoms with Crippen molar-refractivity contribution in [2.75, 3.05) is 5.73 Å². The quantitative estimate of drug-likeness (QED) is 0.801. The van der Waals surface area contributed by atoms with Crippen LogP contribution in [0.2, 0.25) is 5.02 Å². The Morgan fingerprint density at radius 1 is 1.33 bits per heavy atom. The van der Waals surface area contributed by atoms with E-state index >= 15 is 0 Å². The first-order valence-electron chi connectivity index (χ1n) is 4.89. The van der Waals surface area contributed by atoms with Gasteiger partial charge in [0, 0.05) is 10.4 Å². The van der Waals surface area contributed by atoms with E-state index in [1.165, 1.54) is 0 Å². The van der Waals surface area contributed by atoms with Crippen molar-refractivity contribution >= 4 is 28.6 Å². The van der Waals surface area contributed by atoms with Crippen LogP contribution in [-0.2, 0) is 0 Å². The molecule has 0 aliphatic heterocycles. The summed E-state index contributed by atoms with van der Waals surface area (Å²) in [4.78, 5) is 0.731. The number of nitrogens with two attached hydrogens (primary N) is 1. The van der Waals surface area contributed by atoms with Gasteiger partial charge >= 0.3 is 0 Å². The summed E-state index contributed by atoms with van der Waals surface area (Å²) in [6, 6.07) is 3.84. The van der Waals surface area contributed by atoms with Gasteiger partial charge in [0.2, 0.25) is 0 Å². The van der Waals surface area contributed by atoms with E-state index in [2.05, 4.69) is 0 Å². The van der Waals surface area contributed by atoms with Crippen LogP contribution in [0.15, 0.2) is 12.1 Å². The van der Waals surface area contributed by atoms with E-state index in [0.717, 1.165) is 23.5 Å². The molecule has 0 amide bonds. The number of hydrogen-bond donors (Lipinski definition) is 1. The Labute approximate surface area is 111 Å². The van der Waals surface area contributed by atoms with Crippen molar-refractivity contribution in [2.24, 2.45) is 0 Å². The Kier molecular flexibility index (Phi) is 3.24. The normalized spacial score (nSPS) is 10.4. The molecule has 1 heterocycles. The summed E-state index contributed by atoms with van der Waals surface area (Å²) < 4.78 is 27.1. The Bertz CT molecular complexity index is 674. The molecule has 1 aromatic carbocycles. The van der Waals surface area contributed by atoms with Crippen molar-refractivity contribution in [3.05, 3.63) is 39.2 Å². The average molecular weight is 285 g/mol. The standard InChI is InChI=1S/C12H7ClF2N2S/c1-5-11(17)10(4-16)18-12(5)6-2-9(15)7(13)3-8(6)14/h2-3H,17H2,1H3. The van der Waals surface area contributed by atoms with Gasteiger partial charge in [0.05, 0.1) is 10.7 Å². The summed E-state index contributed by atoms with van der Waals surface area (Å²) in [5, 5.41) is 8.58. The predicted molar refractivity (Wildman–Crippen MR) is 68.5 cm³/mol. The fourth-order valence-corrected chi connectivity index (χ4v) is 2.76. The predicted octanol–water partition coefficient (Wildman–Crippen LogP) is 4.11. The van der Waals surface area contributed by atoms with Crippen LogP contribution in [0.4, 0.5) is 14.5 Å². The van der Waals surface area contributed by atoms with Gasteiger partial charge in [0.15, 0.2) is 0 Å². The third kappa shape index (κ3) is 1.94. The largest absolute Gasteiger partial charge is 0.397 e.